The van der Waals surface area contributed by atoms with Gasteiger partial charge in [0, 0.05) is 11.6 Å². The molecule has 108 valence electrons. The van der Waals surface area contributed by atoms with Gasteiger partial charge in [0.2, 0.25) is 0 Å². The highest BCUT2D eigenvalue weighted by atomic mass is 79.9. The molecule has 0 fully saturated rings. The number of hydrogen-bond donors (Lipinski definition) is 1. The molecule has 1 heterocycles. The summed E-state index contributed by atoms with van der Waals surface area (Å²) in [6.07, 6.45) is 3.83. The molecular formula is C17H22BrNO. The van der Waals surface area contributed by atoms with E-state index in [0.29, 0.717) is 0 Å². The van der Waals surface area contributed by atoms with Gasteiger partial charge >= 0.3 is 0 Å². The normalized spacial score (nSPS) is 12.6. The summed E-state index contributed by atoms with van der Waals surface area (Å²) in [6.45, 7) is 7.51. The van der Waals surface area contributed by atoms with Crippen molar-refractivity contribution in [2.75, 3.05) is 6.54 Å². The van der Waals surface area contributed by atoms with Crippen LogP contribution in [0, 0.1) is 13.8 Å². The molecule has 1 atom stereocenters. The molecule has 0 spiro atoms. The zero-order valence-corrected chi connectivity index (χ0v) is 14.0. The van der Waals surface area contributed by atoms with Crippen molar-refractivity contribution in [3.63, 3.8) is 0 Å². The first-order valence-corrected chi connectivity index (χ1v) is 7.93. The minimum absolute atomic E-state index is 0.283. The van der Waals surface area contributed by atoms with Gasteiger partial charge in [-0.05, 0) is 71.9 Å². The first kappa shape index (κ1) is 15.3. The first-order chi connectivity index (χ1) is 9.61. The lowest BCUT2D eigenvalue weighted by atomic mass is 9.98. The molecule has 1 unspecified atom stereocenters. The average Bonchev–Trinajstić information content (AvgIpc) is 2.85. The monoisotopic (exact) mass is 335 g/mol. The third-order valence-electron chi connectivity index (χ3n) is 3.67. The summed E-state index contributed by atoms with van der Waals surface area (Å²) in [5.41, 5.74) is 5.24. The van der Waals surface area contributed by atoms with Crippen LogP contribution in [-0.4, -0.2) is 6.54 Å². The van der Waals surface area contributed by atoms with Gasteiger partial charge in [0.05, 0.1) is 6.26 Å². The van der Waals surface area contributed by atoms with E-state index in [2.05, 4.69) is 60.2 Å². The number of furan rings is 1. The molecule has 0 aliphatic carbocycles. The van der Waals surface area contributed by atoms with Crippen molar-refractivity contribution in [1.82, 2.24) is 5.32 Å². The first-order valence-electron chi connectivity index (χ1n) is 7.14. The predicted molar refractivity (Wildman–Crippen MR) is 87.1 cm³/mol. The Kier molecular flexibility index (Phi) is 5.44. The van der Waals surface area contributed by atoms with Gasteiger partial charge < -0.3 is 9.73 Å². The molecule has 1 aromatic heterocycles. The molecular weight excluding hydrogens is 314 g/mol. The Morgan fingerprint density at radius 1 is 1.20 bits per heavy atom. The van der Waals surface area contributed by atoms with Crippen LogP contribution < -0.4 is 5.32 Å². The molecule has 0 saturated heterocycles. The number of hydrogen-bond acceptors (Lipinski definition) is 2. The fraction of sp³-hybridized carbons (Fsp3) is 0.412. The quantitative estimate of drug-likeness (QED) is 0.808. The van der Waals surface area contributed by atoms with E-state index >= 15 is 0 Å². The second kappa shape index (κ2) is 7.09. The molecule has 20 heavy (non-hydrogen) atoms. The standard InChI is InChI=1S/C17H22BrNO/c1-4-8-19-16(15-7-9-20-17(15)18)11-14-6-5-12(2)13(3)10-14/h5-7,9-10,16,19H,4,8,11H2,1-3H3. The lowest BCUT2D eigenvalue weighted by Gasteiger charge is -2.18. The van der Waals surface area contributed by atoms with Crippen LogP contribution in [0.4, 0.5) is 0 Å². The van der Waals surface area contributed by atoms with Gasteiger partial charge in [0.1, 0.15) is 0 Å². The smallest absolute Gasteiger partial charge is 0.173 e. The molecule has 0 radical (unpaired) electrons. The summed E-state index contributed by atoms with van der Waals surface area (Å²) in [6, 6.07) is 9.02. The van der Waals surface area contributed by atoms with Gasteiger partial charge in [-0.1, -0.05) is 25.1 Å². The van der Waals surface area contributed by atoms with Crippen LogP contribution in [-0.2, 0) is 6.42 Å². The number of rotatable bonds is 6. The van der Waals surface area contributed by atoms with Crippen molar-refractivity contribution in [2.45, 2.75) is 39.7 Å². The summed E-state index contributed by atoms with van der Waals surface area (Å²) in [5.74, 6) is 0. The van der Waals surface area contributed by atoms with Crippen LogP contribution in [0.5, 0.6) is 0 Å². The highest BCUT2D eigenvalue weighted by Gasteiger charge is 2.16. The highest BCUT2D eigenvalue weighted by Crippen LogP contribution is 2.27. The van der Waals surface area contributed by atoms with Crippen LogP contribution >= 0.6 is 15.9 Å². The SMILES string of the molecule is CCCNC(Cc1ccc(C)c(C)c1)c1ccoc1Br. The maximum atomic E-state index is 5.38. The van der Waals surface area contributed by atoms with E-state index in [1.54, 1.807) is 6.26 Å². The predicted octanol–water partition coefficient (Wildman–Crippen LogP) is 4.94. The van der Waals surface area contributed by atoms with E-state index < -0.39 is 0 Å². The van der Waals surface area contributed by atoms with Crippen molar-refractivity contribution in [3.8, 4) is 0 Å². The van der Waals surface area contributed by atoms with Crippen LogP contribution in [0.1, 0.15) is 41.6 Å². The fourth-order valence-electron chi connectivity index (χ4n) is 2.33. The van der Waals surface area contributed by atoms with Crippen LogP contribution in [0.3, 0.4) is 0 Å². The van der Waals surface area contributed by atoms with Crippen molar-refractivity contribution in [1.29, 1.82) is 0 Å². The number of halogens is 1. The van der Waals surface area contributed by atoms with Gasteiger partial charge in [-0.25, -0.2) is 0 Å². The van der Waals surface area contributed by atoms with E-state index in [1.165, 1.54) is 22.3 Å². The van der Waals surface area contributed by atoms with Crippen LogP contribution in [0.25, 0.3) is 0 Å². The van der Waals surface area contributed by atoms with E-state index in [-0.39, 0.29) is 6.04 Å². The molecule has 0 amide bonds. The maximum absolute atomic E-state index is 5.38. The number of nitrogens with one attached hydrogen (secondary N) is 1. The minimum atomic E-state index is 0.283. The molecule has 0 saturated carbocycles. The third kappa shape index (κ3) is 3.74. The Morgan fingerprint density at radius 2 is 2.00 bits per heavy atom. The van der Waals surface area contributed by atoms with Gasteiger partial charge in [0.15, 0.2) is 4.67 Å². The topological polar surface area (TPSA) is 25.2 Å². The molecule has 2 aromatic rings. The van der Waals surface area contributed by atoms with E-state index in [0.717, 1.165) is 24.1 Å². The van der Waals surface area contributed by atoms with Crippen molar-refractivity contribution in [2.24, 2.45) is 0 Å². The largest absolute Gasteiger partial charge is 0.457 e. The van der Waals surface area contributed by atoms with Crippen LogP contribution in [0.2, 0.25) is 0 Å². The molecule has 3 heteroatoms. The van der Waals surface area contributed by atoms with E-state index in [9.17, 15) is 0 Å². The van der Waals surface area contributed by atoms with Gasteiger partial charge in [-0.15, -0.1) is 0 Å². The lowest BCUT2D eigenvalue weighted by molar-refractivity contribution is 0.498. The van der Waals surface area contributed by atoms with Crippen molar-refractivity contribution >= 4 is 15.9 Å². The third-order valence-corrected chi connectivity index (χ3v) is 4.32. The number of aryl methyl sites for hydroxylation is 2. The Bertz CT molecular complexity index is 562. The van der Waals surface area contributed by atoms with Gasteiger partial charge in [0.25, 0.3) is 0 Å². The molecule has 2 rings (SSSR count). The molecule has 2 nitrogen and oxygen atoms in total. The van der Waals surface area contributed by atoms with Crippen molar-refractivity contribution in [3.05, 3.63) is 57.5 Å². The zero-order valence-electron chi connectivity index (χ0n) is 12.4. The Hall–Kier alpha value is -1.06. The summed E-state index contributed by atoms with van der Waals surface area (Å²) in [7, 11) is 0. The Labute approximate surface area is 129 Å². The fourth-order valence-corrected chi connectivity index (χ4v) is 2.85. The van der Waals surface area contributed by atoms with E-state index in [1.807, 2.05) is 6.07 Å². The molecule has 0 aliphatic rings. The van der Waals surface area contributed by atoms with Crippen molar-refractivity contribution < 1.29 is 4.42 Å². The summed E-state index contributed by atoms with van der Waals surface area (Å²) in [4.78, 5) is 0. The molecule has 0 aliphatic heterocycles. The molecule has 0 bridgehead atoms. The Balaban J connectivity index is 2.19. The highest BCUT2D eigenvalue weighted by molar-refractivity contribution is 9.10. The number of benzene rings is 1. The Morgan fingerprint density at radius 3 is 2.60 bits per heavy atom. The lowest BCUT2D eigenvalue weighted by Crippen LogP contribution is -2.24. The second-order valence-corrected chi connectivity index (χ2v) is 6.00. The summed E-state index contributed by atoms with van der Waals surface area (Å²) in [5, 5.41) is 3.61. The molecule has 1 aromatic carbocycles. The molecule has 1 N–H and O–H groups in total. The van der Waals surface area contributed by atoms with Crippen LogP contribution in [0.15, 0.2) is 39.6 Å². The maximum Gasteiger partial charge on any atom is 0.173 e. The zero-order chi connectivity index (χ0) is 14.5. The van der Waals surface area contributed by atoms with E-state index in [4.69, 9.17) is 4.42 Å². The second-order valence-electron chi connectivity index (χ2n) is 5.28. The minimum Gasteiger partial charge on any atom is -0.457 e. The van der Waals surface area contributed by atoms with Gasteiger partial charge in [-0.3, -0.25) is 0 Å². The van der Waals surface area contributed by atoms with Gasteiger partial charge in [-0.2, -0.15) is 0 Å². The summed E-state index contributed by atoms with van der Waals surface area (Å²) >= 11 is 3.49. The average molecular weight is 336 g/mol. The summed E-state index contributed by atoms with van der Waals surface area (Å²) < 4.78 is 6.21.